The van der Waals surface area contributed by atoms with E-state index >= 15 is 0 Å². The largest absolute Gasteiger partial charge is 0.480 e. The minimum absolute atomic E-state index is 0.0191. The van der Waals surface area contributed by atoms with Gasteiger partial charge in [-0.15, -0.1) is 0 Å². The molecule has 40 heteroatoms. The summed E-state index contributed by atoms with van der Waals surface area (Å²) < 4.78 is 180. The molecule has 0 aromatic carbocycles. The summed E-state index contributed by atoms with van der Waals surface area (Å²) in [6, 6.07) is -0.684. The van der Waals surface area contributed by atoms with Crippen LogP contribution in [0.4, 0.5) is 52.7 Å². The quantitative estimate of drug-likeness (QED) is 0.0329. The van der Waals surface area contributed by atoms with Crippen molar-refractivity contribution in [1.29, 1.82) is 0 Å². The number of halogens is 12. The van der Waals surface area contributed by atoms with Crippen molar-refractivity contribution in [1.82, 2.24) is 39.2 Å². The maximum Gasteiger partial charge on any atom is 0.329 e. The minimum Gasteiger partial charge on any atom is -0.480 e. The molecule has 124 heavy (non-hydrogen) atoms. The van der Waals surface area contributed by atoms with Crippen LogP contribution in [0.1, 0.15) is 178 Å². The number of ether oxygens (including phenoxy) is 4. The Bertz CT molecular complexity index is 3470. The van der Waals surface area contributed by atoms with E-state index in [4.69, 9.17) is 59.8 Å². The van der Waals surface area contributed by atoms with Crippen molar-refractivity contribution >= 4 is 47.8 Å². The monoisotopic (exact) mass is 1810 g/mol. The highest BCUT2D eigenvalue weighted by molar-refractivity contribution is 5.81. The number of nitrogens with zero attached hydrogens (tertiary/aromatic N) is 8. The molecule has 0 aromatic rings. The lowest BCUT2D eigenvalue weighted by Gasteiger charge is -2.36. The molecule has 8 aliphatic rings. The first-order valence-corrected chi connectivity index (χ1v) is 41.1. The number of carbonyl (C=O) groups is 8. The van der Waals surface area contributed by atoms with Crippen molar-refractivity contribution in [2.24, 2.45) is 11.8 Å². The number of alkyl halides is 12. The van der Waals surface area contributed by atoms with E-state index in [-0.39, 0.29) is 124 Å². The summed E-state index contributed by atoms with van der Waals surface area (Å²) in [5, 5.41) is 67.5. The average Bonchev–Trinajstić information content (AvgIpc) is 1.65. The van der Waals surface area contributed by atoms with Crippen LogP contribution in [0.15, 0.2) is 48.6 Å². The lowest BCUT2D eigenvalue weighted by atomic mass is 10.0. The molecule has 0 aromatic heterocycles. The minimum atomic E-state index is -2.98. The summed E-state index contributed by atoms with van der Waals surface area (Å²) in [5.41, 5.74) is -1.49. The van der Waals surface area contributed by atoms with Gasteiger partial charge in [0, 0.05) is 165 Å². The van der Waals surface area contributed by atoms with Gasteiger partial charge in [0.1, 0.15) is 63.3 Å². The molecular weight excluding hydrogens is 1670 g/mol. The van der Waals surface area contributed by atoms with E-state index in [0.29, 0.717) is 58.2 Å². The molecule has 12 unspecified atom stereocenters. The Labute approximate surface area is 721 Å². The molecule has 8 N–H and O–H groups in total. The summed E-state index contributed by atoms with van der Waals surface area (Å²) in [6.07, 6.45) is 3.89. The second kappa shape index (κ2) is 49.3. The molecule has 0 amide bonds. The van der Waals surface area contributed by atoms with Crippen molar-refractivity contribution in [3.63, 3.8) is 0 Å². The molecule has 0 bridgehead atoms. The number of rotatable bonds is 24. The predicted molar refractivity (Wildman–Crippen MR) is 441 cm³/mol. The van der Waals surface area contributed by atoms with Crippen molar-refractivity contribution in [2.45, 2.75) is 308 Å². The number of carboxylic acids is 8. The summed E-state index contributed by atoms with van der Waals surface area (Å²) >= 11 is 0. The first-order valence-electron chi connectivity index (χ1n) is 41.1. The zero-order chi connectivity index (χ0) is 96.4. The smallest absolute Gasteiger partial charge is 0.329 e. The number of likely N-dealkylation sites (tertiary alicyclic amines) is 8. The molecule has 720 valence electrons. The molecule has 8 aliphatic heterocycles. The van der Waals surface area contributed by atoms with Gasteiger partial charge >= 0.3 is 47.8 Å². The summed E-state index contributed by atoms with van der Waals surface area (Å²) in [5.74, 6) is -21.2. The van der Waals surface area contributed by atoms with Crippen molar-refractivity contribution in [3.05, 3.63) is 48.6 Å². The molecule has 0 saturated carbocycles. The molecule has 28 nitrogen and oxygen atoms in total. The van der Waals surface area contributed by atoms with E-state index in [1.807, 2.05) is 172 Å². The SMILES string of the molecule is CC(C)(C)N1CC(F)(F)CC1/C=C/C(=O)O.CC(C)(C)N1CC(F)(F)CC1COCC(=O)O.CC(C)(C)N1CC(F)C(OCC(=O)O)C1.CC(C)(C)N1CC(F)CC1/C=C/C(=O)O.CC(C)(C)N1CC(F)CC1COCC(=O)O.CC(C)(C)N1CC(OCC(=O)O)C(F)(F)C1.CC(C)N1CC(/C=C/C(=O)O)C(F)(F)C1.CC(C)N1CC(F)C(/C=C/C(=O)O)C1. The Hall–Kier alpha value is -6.60. The van der Waals surface area contributed by atoms with E-state index in [1.54, 1.807) is 25.7 Å². The fraction of sp³-hybridized carbons (Fsp3) is 0.810. The van der Waals surface area contributed by atoms with E-state index in [9.17, 15) is 91.0 Å². The number of hydrogen-bond donors (Lipinski definition) is 8. The highest BCUT2D eigenvalue weighted by Crippen LogP contribution is 2.41. The van der Waals surface area contributed by atoms with Crippen molar-refractivity contribution < 1.29 is 151 Å². The maximum absolute atomic E-state index is 13.5. The van der Waals surface area contributed by atoms with E-state index < -0.39 is 152 Å². The zero-order valence-corrected chi connectivity index (χ0v) is 75.8. The Balaban J connectivity index is 0.000000709. The van der Waals surface area contributed by atoms with Crippen LogP contribution in [-0.4, -0.2) is 376 Å². The van der Waals surface area contributed by atoms with Gasteiger partial charge in [0.15, 0.2) is 0 Å². The second-order valence-corrected chi connectivity index (χ2v) is 38.5. The van der Waals surface area contributed by atoms with Crippen molar-refractivity contribution in [2.75, 3.05) is 118 Å². The van der Waals surface area contributed by atoms with E-state index in [1.165, 1.54) is 12.2 Å². The van der Waals surface area contributed by atoms with Gasteiger partial charge in [0.05, 0.1) is 45.3 Å². The lowest BCUT2D eigenvalue weighted by molar-refractivity contribution is -0.153. The fourth-order valence-electron chi connectivity index (χ4n) is 14.6. The van der Waals surface area contributed by atoms with Gasteiger partial charge in [-0.2, -0.15) is 0 Å². The lowest BCUT2D eigenvalue weighted by Crippen LogP contribution is -2.47. The summed E-state index contributed by atoms with van der Waals surface area (Å²) in [7, 11) is 0. The molecule has 0 aliphatic carbocycles. The Morgan fingerprint density at radius 2 is 0.790 bits per heavy atom. The van der Waals surface area contributed by atoms with Crippen LogP contribution in [0.25, 0.3) is 0 Å². The fourth-order valence-corrected chi connectivity index (χ4v) is 14.6. The normalized spacial score (nSPS) is 27.1. The molecule has 8 fully saturated rings. The van der Waals surface area contributed by atoms with Gasteiger partial charge in [0.2, 0.25) is 0 Å². The number of carboxylic acid groups (broad SMARTS) is 8. The third-order valence-corrected chi connectivity index (χ3v) is 21.1. The molecule has 0 spiro atoms. The maximum atomic E-state index is 13.5. The van der Waals surface area contributed by atoms with Gasteiger partial charge in [-0.3, -0.25) is 39.2 Å². The number of hydrogen-bond acceptors (Lipinski definition) is 20. The summed E-state index contributed by atoms with van der Waals surface area (Å²) in [6.45, 7) is 42.4. The van der Waals surface area contributed by atoms with Crippen LogP contribution < -0.4 is 0 Å². The Kier molecular flexibility index (Phi) is 45.8. The van der Waals surface area contributed by atoms with Crippen LogP contribution >= 0.6 is 0 Å². The molecule has 12 atom stereocenters. The topological polar surface area (TPSA) is 361 Å². The van der Waals surface area contributed by atoms with E-state index in [0.717, 1.165) is 30.4 Å². The van der Waals surface area contributed by atoms with Crippen LogP contribution in [0.5, 0.6) is 0 Å². The Morgan fingerprint density at radius 3 is 1.20 bits per heavy atom. The van der Waals surface area contributed by atoms with Crippen LogP contribution in [0.3, 0.4) is 0 Å². The summed E-state index contributed by atoms with van der Waals surface area (Å²) in [4.78, 5) is 97.0. The second-order valence-electron chi connectivity index (χ2n) is 38.5. The molecular formula is C84H140F12N8O20. The van der Waals surface area contributed by atoms with Crippen LogP contribution in [0.2, 0.25) is 0 Å². The standard InChI is InChI=1S/C11H19F2NO3.C11H17F2NO2.C11H20FNO3.C11H18FNO2.C10H17F2NO3.C10H15F2NO2.C10H18FNO3.C10H16FNO2/c1-10(2,3)14-7-11(12,13)4-8(14)5-17-6-9(15)16;1-10(2,3)14-7-11(12,13)6-8(14)4-5-9(15)16;1-11(2,3)13-5-8(12)4-9(13)6-16-7-10(14)15;1-11(2,3)13-7-8(12)6-9(13)4-5-10(14)15;1-9(2,3)13-4-7(10(11,12)6-13)16-5-8(14)15;1-7(2)13-5-8(3-4-9(14)15)10(11,12)6-13;1-10(2,3)12-4-7(11)8(5-12)15-6-9(13)14;1-7(2)12-5-8(9(11)6-12)3-4-10(13)14/h8H,4-7H2,1-3H3,(H,15,16);4-5,8H,6-7H2,1-3H3,(H,15,16);8-9H,4-7H2,1-3H3,(H,14,15);4-5,8-9H,6-7H2,1-3H3,(H,14,15);7H,4-6H2,1-3H3,(H,14,15);3-4,7-8H,5-6H2,1-2H3,(H,14,15);7-8H,4-6H2,1-3H3,(H,13,14);3-4,7-9H,5-6H2,1-2H3,(H,13,14)/b;5-4+;;5-4+;;4-3+;;4-3+. The molecule has 8 saturated heterocycles. The van der Waals surface area contributed by atoms with E-state index in [2.05, 4.69) is 0 Å². The third-order valence-electron chi connectivity index (χ3n) is 21.1. The first-order chi connectivity index (χ1) is 56.1. The average molecular weight is 1810 g/mol. The van der Waals surface area contributed by atoms with Gasteiger partial charge in [-0.25, -0.2) is 91.0 Å². The predicted octanol–water partition coefficient (Wildman–Crippen LogP) is 11.9. The molecule has 8 rings (SSSR count). The van der Waals surface area contributed by atoms with Crippen LogP contribution in [0, 0.1) is 11.8 Å². The molecule has 8 heterocycles. The first kappa shape index (κ1) is 115. The zero-order valence-electron chi connectivity index (χ0n) is 75.8. The van der Waals surface area contributed by atoms with Gasteiger partial charge in [0.25, 0.3) is 23.7 Å². The van der Waals surface area contributed by atoms with Crippen LogP contribution in [-0.2, 0) is 57.3 Å². The molecule has 0 radical (unpaired) electrons. The highest BCUT2D eigenvalue weighted by atomic mass is 19.3. The highest BCUT2D eigenvalue weighted by Gasteiger charge is 2.53. The van der Waals surface area contributed by atoms with Gasteiger partial charge in [-0.1, -0.05) is 24.3 Å². The number of aliphatic carboxylic acids is 8. The van der Waals surface area contributed by atoms with Gasteiger partial charge in [-0.05, 0) is 165 Å². The Morgan fingerprint density at radius 1 is 0.379 bits per heavy atom. The third kappa shape index (κ3) is 43.9. The van der Waals surface area contributed by atoms with Crippen molar-refractivity contribution in [3.8, 4) is 0 Å². The van der Waals surface area contributed by atoms with Gasteiger partial charge < -0.3 is 59.8 Å².